The molecule has 23 heavy (non-hydrogen) atoms. The number of carbonyl (C=O) groups excluding carboxylic acids is 1. The second-order valence-electron chi connectivity index (χ2n) is 6.42. The predicted octanol–water partition coefficient (Wildman–Crippen LogP) is 0.267. The monoisotopic (exact) mass is 337 g/mol. The third-order valence-corrected chi connectivity index (χ3v) is 6.83. The zero-order valence-electron chi connectivity index (χ0n) is 13.5. The van der Waals surface area contributed by atoms with Crippen molar-refractivity contribution in [1.82, 2.24) is 14.5 Å². The molecule has 2 aliphatic rings. The average Bonchev–Trinajstić information content (AvgIpc) is 3.08. The fourth-order valence-electron chi connectivity index (χ4n) is 3.75. The molecule has 3 rings (SSSR count). The van der Waals surface area contributed by atoms with Gasteiger partial charge in [-0.2, -0.15) is 4.31 Å². The zero-order chi connectivity index (χ0) is 16.6. The van der Waals surface area contributed by atoms with Gasteiger partial charge in [0.2, 0.25) is 15.9 Å². The quantitative estimate of drug-likeness (QED) is 0.856. The predicted molar refractivity (Wildman–Crippen MR) is 88.2 cm³/mol. The molecule has 2 saturated heterocycles. The van der Waals surface area contributed by atoms with Gasteiger partial charge in [0.25, 0.3) is 0 Å². The molecule has 0 aromatic heterocycles. The first-order valence-corrected chi connectivity index (χ1v) is 9.48. The normalized spacial score (nSPS) is 28.7. The number of hydrogen-bond donors (Lipinski definition) is 1. The van der Waals surface area contributed by atoms with Gasteiger partial charge in [-0.05, 0) is 24.9 Å². The van der Waals surface area contributed by atoms with Gasteiger partial charge < -0.3 is 5.32 Å². The molecular formula is C16H23N3O3S. The van der Waals surface area contributed by atoms with Crippen molar-refractivity contribution in [3.05, 3.63) is 35.9 Å². The number of likely N-dealkylation sites (tertiary alicyclic amines) is 1. The highest BCUT2D eigenvalue weighted by molar-refractivity contribution is 7.88. The van der Waals surface area contributed by atoms with Crippen LogP contribution in [0, 0.1) is 5.92 Å². The van der Waals surface area contributed by atoms with Crippen LogP contribution < -0.4 is 5.32 Å². The van der Waals surface area contributed by atoms with Gasteiger partial charge in [0, 0.05) is 26.2 Å². The van der Waals surface area contributed by atoms with Gasteiger partial charge >= 0.3 is 0 Å². The number of amides is 1. The number of carbonyl (C=O) groups is 1. The van der Waals surface area contributed by atoms with Gasteiger partial charge in [0.05, 0.1) is 11.8 Å². The number of nitrogens with one attached hydrogen (secondary N) is 1. The summed E-state index contributed by atoms with van der Waals surface area (Å²) in [6.07, 6.45) is 0.720. The molecular weight excluding hydrogens is 314 g/mol. The second-order valence-corrected chi connectivity index (χ2v) is 8.39. The Bertz CT molecular complexity index is 677. The van der Waals surface area contributed by atoms with Gasteiger partial charge in [-0.3, -0.25) is 9.69 Å². The second kappa shape index (κ2) is 6.22. The van der Waals surface area contributed by atoms with E-state index in [9.17, 15) is 13.2 Å². The summed E-state index contributed by atoms with van der Waals surface area (Å²) in [6.45, 7) is 0.988. The van der Waals surface area contributed by atoms with E-state index in [1.165, 1.54) is 0 Å². The smallest absolute Gasteiger partial charge is 0.237 e. The van der Waals surface area contributed by atoms with Crippen LogP contribution in [-0.4, -0.2) is 62.8 Å². The van der Waals surface area contributed by atoms with Crippen molar-refractivity contribution in [2.24, 2.45) is 5.92 Å². The molecule has 2 fully saturated rings. The summed E-state index contributed by atoms with van der Waals surface area (Å²) in [5.41, 5.74) is 0.807. The summed E-state index contributed by atoms with van der Waals surface area (Å²) in [7, 11) is 0.239. The van der Waals surface area contributed by atoms with Gasteiger partial charge in [-0.15, -0.1) is 0 Å². The van der Waals surface area contributed by atoms with Crippen LogP contribution in [0.3, 0.4) is 0 Å². The van der Waals surface area contributed by atoms with Crippen LogP contribution >= 0.6 is 0 Å². The first kappa shape index (κ1) is 16.4. The molecule has 7 heteroatoms. The summed E-state index contributed by atoms with van der Waals surface area (Å²) >= 11 is 0. The number of sulfonamides is 1. The Labute approximate surface area is 137 Å². The van der Waals surface area contributed by atoms with E-state index in [1.54, 1.807) is 11.4 Å². The molecule has 0 saturated carbocycles. The average molecular weight is 337 g/mol. The van der Waals surface area contributed by atoms with Crippen LogP contribution in [0.1, 0.15) is 12.0 Å². The lowest BCUT2D eigenvalue weighted by atomic mass is 10.0. The molecule has 1 aromatic rings. The summed E-state index contributed by atoms with van der Waals surface area (Å²) in [5, 5.41) is 2.69. The van der Waals surface area contributed by atoms with E-state index in [0.717, 1.165) is 12.0 Å². The number of fused-ring (bicyclic) bond motifs is 1. The van der Waals surface area contributed by atoms with Crippen LogP contribution in [0.2, 0.25) is 0 Å². The molecule has 3 atom stereocenters. The highest BCUT2D eigenvalue weighted by Crippen LogP contribution is 2.36. The maximum Gasteiger partial charge on any atom is 0.237 e. The van der Waals surface area contributed by atoms with E-state index in [4.69, 9.17) is 0 Å². The minimum absolute atomic E-state index is 0.0144. The van der Waals surface area contributed by atoms with Gasteiger partial charge in [0.1, 0.15) is 0 Å². The van der Waals surface area contributed by atoms with E-state index in [2.05, 4.69) is 5.32 Å². The lowest BCUT2D eigenvalue weighted by Gasteiger charge is -2.25. The van der Waals surface area contributed by atoms with E-state index in [0.29, 0.717) is 13.1 Å². The Morgan fingerprint density at radius 2 is 1.96 bits per heavy atom. The Balaban J connectivity index is 1.69. The molecule has 1 aromatic carbocycles. The topological polar surface area (TPSA) is 69.7 Å². The number of nitrogens with zero attached hydrogens (tertiary/aromatic N) is 2. The van der Waals surface area contributed by atoms with Crippen LogP contribution in [0.5, 0.6) is 0 Å². The Morgan fingerprint density at radius 1 is 1.26 bits per heavy atom. The Kier molecular flexibility index (Phi) is 4.44. The van der Waals surface area contributed by atoms with Gasteiger partial charge in [-0.1, -0.05) is 30.3 Å². The van der Waals surface area contributed by atoms with Crippen molar-refractivity contribution in [2.75, 3.05) is 27.2 Å². The standard InChI is InChI=1S/C16H23N3O3S/c1-17-16(20)14-8-13-9-19(10-15(13)18(14)2)23(21,22)11-12-6-4-3-5-7-12/h3-7,13-15H,8-11H2,1-2H3,(H,17,20)/t13-,14-,15+/m1/s1. The Hall–Kier alpha value is -1.44. The first-order valence-electron chi connectivity index (χ1n) is 7.87. The van der Waals surface area contributed by atoms with E-state index < -0.39 is 10.0 Å². The van der Waals surface area contributed by atoms with Crippen molar-refractivity contribution >= 4 is 15.9 Å². The highest BCUT2D eigenvalue weighted by atomic mass is 32.2. The number of benzene rings is 1. The highest BCUT2D eigenvalue weighted by Gasteiger charge is 2.49. The number of rotatable bonds is 4. The molecule has 2 aliphatic heterocycles. The molecule has 1 N–H and O–H groups in total. The van der Waals surface area contributed by atoms with Crippen molar-refractivity contribution in [3.8, 4) is 0 Å². The SMILES string of the molecule is CNC(=O)[C@H]1C[C@@H]2CN(S(=O)(=O)Cc3ccccc3)C[C@@H]2N1C. The van der Waals surface area contributed by atoms with Gasteiger partial charge in [-0.25, -0.2) is 8.42 Å². The van der Waals surface area contributed by atoms with Crippen LogP contribution in [0.4, 0.5) is 0 Å². The summed E-state index contributed by atoms with van der Waals surface area (Å²) in [6, 6.07) is 9.24. The maximum atomic E-state index is 12.6. The Morgan fingerprint density at radius 3 is 2.57 bits per heavy atom. The minimum atomic E-state index is -3.32. The van der Waals surface area contributed by atoms with E-state index in [-0.39, 0.29) is 29.7 Å². The minimum Gasteiger partial charge on any atom is -0.358 e. The van der Waals surface area contributed by atoms with Crippen LogP contribution in [-0.2, 0) is 20.6 Å². The zero-order valence-corrected chi connectivity index (χ0v) is 14.3. The van der Waals surface area contributed by atoms with Crippen LogP contribution in [0.25, 0.3) is 0 Å². The fourth-order valence-corrected chi connectivity index (χ4v) is 5.35. The lowest BCUT2D eigenvalue weighted by molar-refractivity contribution is -0.125. The molecule has 0 aliphatic carbocycles. The maximum absolute atomic E-state index is 12.6. The van der Waals surface area contributed by atoms with E-state index in [1.807, 2.05) is 42.3 Å². The molecule has 1 amide bonds. The molecule has 126 valence electrons. The van der Waals surface area contributed by atoms with Crippen molar-refractivity contribution in [1.29, 1.82) is 0 Å². The van der Waals surface area contributed by atoms with Crippen molar-refractivity contribution in [3.63, 3.8) is 0 Å². The first-order chi connectivity index (χ1) is 10.9. The molecule has 0 spiro atoms. The number of hydrogen-bond acceptors (Lipinski definition) is 4. The summed E-state index contributed by atoms with van der Waals surface area (Å²) in [5.74, 6) is 0.281. The van der Waals surface area contributed by atoms with Crippen LogP contribution in [0.15, 0.2) is 30.3 Å². The van der Waals surface area contributed by atoms with E-state index >= 15 is 0 Å². The largest absolute Gasteiger partial charge is 0.358 e. The molecule has 0 radical (unpaired) electrons. The third kappa shape index (κ3) is 3.13. The molecule has 2 heterocycles. The molecule has 6 nitrogen and oxygen atoms in total. The van der Waals surface area contributed by atoms with Crippen molar-refractivity contribution < 1.29 is 13.2 Å². The van der Waals surface area contributed by atoms with Gasteiger partial charge in [0.15, 0.2) is 0 Å². The molecule has 0 bridgehead atoms. The molecule has 0 unspecified atom stereocenters. The summed E-state index contributed by atoms with van der Waals surface area (Å²) in [4.78, 5) is 13.9. The number of likely N-dealkylation sites (N-methyl/N-ethyl adjacent to an activating group) is 2. The lowest BCUT2D eigenvalue weighted by Crippen LogP contribution is -2.45. The third-order valence-electron chi connectivity index (χ3n) is 5.05. The fraction of sp³-hybridized carbons (Fsp3) is 0.562. The summed E-state index contributed by atoms with van der Waals surface area (Å²) < 4.78 is 26.9. The van der Waals surface area contributed by atoms with Crippen molar-refractivity contribution in [2.45, 2.75) is 24.3 Å².